The molecule has 0 unspecified atom stereocenters. The summed E-state index contributed by atoms with van der Waals surface area (Å²) in [5.41, 5.74) is 8.69. The molecule has 3 aromatic rings. The first-order chi connectivity index (χ1) is 11.7. The van der Waals surface area contributed by atoms with E-state index in [1.165, 1.54) is 0 Å². The van der Waals surface area contributed by atoms with E-state index < -0.39 is 0 Å². The van der Waals surface area contributed by atoms with Crippen molar-refractivity contribution in [2.45, 2.75) is 0 Å². The molecule has 0 saturated heterocycles. The summed E-state index contributed by atoms with van der Waals surface area (Å²) in [5, 5.41) is 0.660. The third-order valence-corrected chi connectivity index (χ3v) is 3.64. The maximum absolute atomic E-state index is 6.16. The average Bonchev–Trinajstić information content (AvgIpc) is 2.63. The lowest BCUT2D eigenvalue weighted by atomic mass is 10.2. The van der Waals surface area contributed by atoms with E-state index in [0.717, 1.165) is 16.8 Å². The summed E-state index contributed by atoms with van der Waals surface area (Å²) in [5.74, 6) is 0.958. The van der Waals surface area contributed by atoms with Crippen molar-refractivity contribution in [3.8, 4) is 0 Å². The molecule has 0 aliphatic rings. The highest BCUT2D eigenvalue weighted by Gasteiger charge is 2.05. The second-order valence-electron chi connectivity index (χ2n) is 5.14. The first-order valence-corrected chi connectivity index (χ1v) is 7.89. The molecule has 4 heteroatoms. The smallest absolute Gasteiger partial charge is 0.162 e. The van der Waals surface area contributed by atoms with Crippen LogP contribution in [-0.4, -0.2) is 11.7 Å². The molecule has 0 aliphatic heterocycles. The second kappa shape index (κ2) is 7.57. The van der Waals surface area contributed by atoms with Gasteiger partial charge in [-0.05, 0) is 36.4 Å². The summed E-state index contributed by atoms with van der Waals surface area (Å²) in [6, 6.07) is 26.7. The SMILES string of the molecule is NC(=NC(=Nc1ccccc1)c1ccccc1)c1ccc(Cl)cc1. The quantitative estimate of drug-likeness (QED) is 0.542. The van der Waals surface area contributed by atoms with Gasteiger partial charge in [-0.25, -0.2) is 9.98 Å². The molecule has 3 rings (SSSR count). The van der Waals surface area contributed by atoms with Gasteiger partial charge in [0.25, 0.3) is 0 Å². The molecule has 0 amide bonds. The molecular weight excluding hydrogens is 318 g/mol. The van der Waals surface area contributed by atoms with Crippen LogP contribution in [-0.2, 0) is 0 Å². The van der Waals surface area contributed by atoms with Crippen LogP contribution >= 0.6 is 11.6 Å². The van der Waals surface area contributed by atoms with Gasteiger partial charge in [0, 0.05) is 16.1 Å². The Morgan fingerprint density at radius 2 is 1.29 bits per heavy atom. The van der Waals surface area contributed by atoms with Crippen LogP contribution in [0.4, 0.5) is 5.69 Å². The number of halogens is 1. The minimum absolute atomic E-state index is 0.394. The molecule has 0 aromatic heterocycles. The predicted octanol–water partition coefficient (Wildman–Crippen LogP) is 4.82. The molecule has 0 bridgehead atoms. The first-order valence-electron chi connectivity index (χ1n) is 7.51. The Kier molecular flexibility index (Phi) is 5.04. The van der Waals surface area contributed by atoms with Gasteiger partial charge in [-0.3, -0.25) is 0 Å². The van der Waals surface area contributed by atoms with Crippen LogP contribution in [0.3, 0.4) is 0 Å². The van der Waals surface area contributed by atoms with Gasteiger partial charge in [0.2, 0.25) is 0 Å². The molecule has 0 aliphatic carbocycles. The molecule has 24 heavy (non-hydrogen) atoms. The summed E-state index contributed by atoms with van der Waals surface area (Å²) in [6.45, 7) is 0. The highest BCUT2D eigenvalue weighted by Crippen LogP contribution is 2.15. The zero-order valence-corrected chi connectivity index (χ0v) is 13.7. The number of hydrogen-bond acceptors (Lipinski definition) is 1. The first kappa shape index (κ1) is 16.0. The maximum atomic E-state index is 6.16. The third kappa shape index (κ3) is 4.09. The summed E-state index contributed by atoms with van der Waals surface area (Å²) in [6.07, 6.45) is 0. The number of para-hydroxylation sites is 1. The second-order valence-corrected chi connectivity index (χ2v) is 5.58. The highest BCUT2D eigenvalue weighted by molar-refractivity contribution is 6.30. The molecule has 0 heterocycles. The van der Waals surface area contributed by atoms with Gasteiger partial charge >= 0.3 is 0 Å². The third-order valence-electron chi connectivity index (χ3n) is 3.39. The fourth-order valence-corrected chi connectivity index (χ4v) is 2.29. The van der Waals surface area contributed by atoms with E-state index in [2.05, 4.69) is 9.98 Å². The van der Waals surface area contributed by atoms with Crippen molar-refractivity contribution in [1.82, 2.24) is 0 Å². The Hall–Kier alpha value is -2.91. The molecular formula is C20H16ClN3. The lowest BCUT2D eigenvalue weighted by Gasteiger charge is -2.05. The van der Waals surface area contributed by atoms with Crippen molar-refractivity contribution in [2.24, 2.45) is 15.7 Å². The summed E-state index contributed by atoms with van der Waals surface area (Å²) in [7, 11) is 0. The topological polar surface area (TPSA) is 50.7 Å². The largest absolute Gasteiger partial charge is 0.383 e. The van der Waals surface area contributed by atoms with Crippen molar-refractivity contribution in [2.75, 3.05) is 0 Å². The molecule has 0 saturated carbocycles. The lowest BCUT2D eigenvalue weighted by molar-refractivity contribution is 1.42. The summed E-state index contributed by atoms with van der Waals surface area (Å²) >= 11 is 5.92. The number of hydrogen-bond donors (Lipinski definition) is 1. The van der Waals surface area contributed by atoms with E-state index in [9.17, 15) is 0 Å². The van der Waals surface area contributed by atoms with Gasteiger partial charge in [0.1, 0.15) is 5.84 Å². The molecule has 0 fully saturated rings. The normalized spacial score (nSPS) is 12.2. The van der Waals surface area contributed by atoms with Gasteiger partial charge < -0.3 is 5.73 Å². The van der Waals surface area contributed by atoms with E-state index in [1.54, 1.807) is 12.1 Å². The fourth-order valence-electron chi connectivity index (χ4n) is 2.17. The standard InChI is InChI=1S/C20H16ClN3/c21-17-13-11-15(12-14-17)19(22)24-20(16-7-3-1-4-8-16)23-18-9-5-2-6-10-18/h1-14H,(H2,22,23,24). The van der Waals surface area contributed by atoms with E-state index >= 15 is 0 Å². The van der Waals surface area contributed by atoms with Gasteiger partial charge in [-0.15, -0.1) is 0 Å². The van der Waals surface area contributed by atoms with Crippen LogP contribution in [0.25, 0.3) is 0 Å². The van der Waals surface area contributed by atoms with Crippen LogP contribution in [0, 0.1) is 0 Å². The Balaban J connectivity index is 2.03. The van der Waals surface area contributed by atoms with Crippen molar-refractivity contribution in [3.63, 3.8) is 0 Å². The molecule has 0 radical (unpaired) electrons. The average molecular weight is 334 g/mol. The van der Waals surface area contributed by atoms with Crippen LogP contribution in [0.1, 0.15) is 11.1 Å². The van der Waals surface area contributed by atoms with Crippen LogP contribution in [0.15, 0.2) is 94.9 Å². The van der Waals surface area contributed by atoms with Gasteiger partial charge in [-0.1, -0.05) is 60.1 Å². The minimum Gasteiger partial charge on any atom is -0.383 e. The van der Waals surface area contributed by atoms with E-state index in [0.29, 0.717) is 16.7 Å². The molecule has 3 nitrogen and oxygen atoms in total. The number of nitrogens with two attached hydrogens (primary N) is 1. The summed E-state index contributed by atoms with van der Waals surface area (Å²) < 4.78 is 0. The number of aliphatic imine (C=N–C) groups is 2. The predicted molar refractivity (Wildman–Crippen MR) is 101 cm³/mol. The number of nitrogens with zero attached hydrogens (tertiary/aromatic N) is 2. The Bertz CT molecular complexity index is 854. The number of benzene rings is 3. The van der Waals surface area contributed by atoms with Gasteiger partial charge in [0.15, 0.2) is 5.84 Å². The molecule has 0 spiro atoms. The monoisotopic (exact) mass is 333 g/mol. The van der Waals surface area contributed by atoms with Crippen LogP contribution < -0.4 is 5.73 Å². The molecule has 2 N–H and O–H groups in total. The van der Waals surface area contributed by atoms with E-state index in [4.69, 9.17) is 17.3 Å². The fraction of sp³-hybridized carbons (Fsp3) is 0. The van der Waals surface area contributed by atoms with E-state index in [1.807, 2.05) is 72.8 Å². The highest BCUT2D eigenvalue weighted by atomic mass is 35.5. The molecule has 3 aromatic carbocycles. The van der Waals surface area contributed by atoms with E-state index in [-0.39, 0.29) is 0 Å². The number of amidine groups is 2. The summed E-state index contributed by atoms with van der Waals surface area (Å²) in [4.78, 5) is 9.18. The van der Waals surface area contributed by atoms with Crippen molar-refractivity contribution >= 4 is 29.0 Å². The van der Waals surface area contributed by atoms with Crippen molar-refractivity contribution in [1.29, 1.82) is 0 Å². The Morgan fingerprint density at radius 3 is 1.92 bits per heavy atom. The van der Waals surface area contributed by atoms with Crippen molar-refractivity contribution < 1.29 is 0 Å². The maximum Gasteiger partial charge on any atom is 0.162 e. The van der Waals surface area contributed by atoms with Gasteiger partial charge in [0.05, 0.1) is 5.69 Å². The molecule has 118 valence electrons. The Morgan fingerprint density at radius 1 is 0.708 bits per heavy atom. The van der Waals surface area contributed by atoms with Gasteiger partial charge in [-0.2, -0.15) is 0 Å². The molecule has 0 atom stereocenters. The Labute approximate surface area is 146 Å². The minimum atomic E-state index is 0.394. The van der Waals surface area contributed by atoms with Crippen LogP contribution in [0.5, 0.6) is 0 Å². The lowest BCUT2D eigenvalue weighted by Crippen LogP contribution is -2.16. The van der Waals surface area contributed by atoms with Crippen LogP contribution in [0.2, 0.25) is 5.02 Å². The van der Waals surface area contributed by atoms with Crippen molar-refractivity contribution in [3.05, 3.63) is 101 Å². The zero-order valence-electron chi connectivity index (χ0n) is 12.9. The zero-order chi connectivity index (χ0) is 16.8. The number of rotatable bonds is 3.